The van der Waals surface area contributed by atoms with Crippen LogP contribution < -0.4 is 0 Å². The molecule has 1 heteroatoms. The first-order valence-electron chi connectivity index (χ1n) is 5.28. The quantitative estimate of drug-likeness (QED) is 0.692. The third-order valence-corrected chi connectivity index (χ3v) is 2.36. The van der Waals surface area contributed by atoms with Crippen LogP contribution in [0.15, 0.2) is 30.9 Å². The highest BCUT2D eigenvalue weighted by atomic mass is 19.1. The fourth-order valence-corrected chi connectivity index (χ4v) is 1.59. The van der Waals surface area contributed by atoms with E-state index in [-0.39, 0.29) is 5.82 Å². The Bertz CT molecular complexity index is 339. The van der Waals surface area contributed by atoms with Gasteiger partial charge in [0, 0.05) is 5.92 Å². The molecule has 1 radical (unpaired) electrons. The highest BCUT2D eigenvalue weighted by Gasteiger charge is 2.07. The second-order valence-electron chi connectivity index (χ2n) is 4.33. The lowest BCUT2D eigenvalue weighted by molar-refractivity contribution is 0.611. The molecular formula is C14H18F. The van der Waals surface area contributed by atoms with Gasteiger partial charge in [-0.15, -0.1) is 6.58 Å². The second kappa shape index (κ2) is 5.11. The van der Waals surface area contributed by atoms with Gasteiger partial charge < -0.3 is 0 Å². The maximum Gasteiger partial charge on any atom is 0.123 e. The molecule has 0 N–H and O–H groups in total. The number of rotatable bonds is 4. The minimum Gasteiger partial charge on any atom is -0.207 e. The van der Waals surface area contributed by atoms with Gasteiger partial charge in [-0.3, -0.25) is 0 Å². The first kappa shape index (κ1) is 12.0. The van der Waals surface area contributed by atoms with Crippen LogP contribution in [0.3, 0.4) is 0 Å². The third-order valence-electron chi connectivity index (χ3n) is 2.36. The summed E-state index contributed by atoms with van der Waals surface area (Å²) in [5.41, 5.74) is 1.99. The lowest BCUT2D eigenvalue weighted by atomic mass is 9.95. The Morgan fingerprint density at radius 1 is 1.40 bits per heavy atom. The summed E-state index contributed by atoms with van der Waals surface area (Å²) in [5.74, 6) is 1.40. The van der Waals surface area contributed by atoms with Crippen LogP contribution in [-0.2, 0) is 6.42 Å². The van der Waals surface area contributed by atoms with E-state index in [9.17, 15) is 4.39 Å². The number of benzene rings is 1. The van der Waals surface area contributed by atoms with E-state index in [0.29, 0.717) is 5.92 Å². The fraction of sp³-hybridized carbons (Fsp3) is 0.357. The molecule has 0 bridgehead atoms. The monoisotopic (exact) mass is 205 g/mol. The highest BCUT2D eigenvalue weighted by Crippen LogP contribution is 2.20. The molecule has 0 heterocycles. The summed E-state index contributed by atoms with van der Waals surface area (Å²) in [4.78, 5) is 0. The van der Waals surface area contributed by atoms with Gasteiger partial charge in [0.25, 0.3) is 0 Å². The molecule has 1 aromatic rings. The average Bonchev–Trinajstić information content (AvgIpc) is 2.14. The summed E-state index contributed by atoms with van der Waals surface area (Å²) >= 11 is 0. The number of halogens is 1. The zero-order valence-corrected chi connectivity index (χ0v) is 9.68. The van der Waals surface area contributed by atoms with E-state index < -0.39 is 0 Å². The van der Waals surface area contributed by atoms with Gasteiger partial charge in [0.1, 0.15) is 5.82 Å². The van der Waals surface area contributed by atoms with Crippen molar-refractivity contribution in [2.75, 3.05) is 0 Å². The molecule has 0 aliphatic heterocycles. The Balaban J connectivity index is 2.99. The summed E-state index contributed by atoms with van der Waals surface area (Å²) in [7, 11) is 0. The Morgan fingerprint density at radius 2 is 2.07 bits per heavy atom. The molecule has 81 valence electrons. The highest BCUT2D eigenvalue weighted by molar-refractivity contribution is 5.38. The van der Waals surface area contributed by atoms with E-state index in [4.69, 9.17) is 0 Å². The van der Waals surface area contributed by atoms with Crippen LogP contribution in [-0.4, -0.2) is 0 Å². The molecule has 0 amide bonds. The van der Waals surface area contributed by atoms with E-state index >= 15 is 0 Å². The maximum atomic E-state index is 13.3. The molecule has 1 rings (SSSR count). The van der Waals surface area contributed by atoms with E-state index in [2.05, 4.69) is 20.4 Å². The van der Waals surface area contributed by atoms with Crippen molar-refractivity contribution in [3.05, 3.63) is 53.7 Å². The van der Waals surface area contributed by atoms with Gasteiger partial charge in [-0.05, 0) is 35.6 Å². The number of hydrogen-bond donors (Lipinski definition) is 0. The van der Waals surface area contributed by atoms with Crippen molar-refractivity contribution in [3.8, 4) is 0 Å². The Morgan fingerprint density at radius 3 is 2.60 bits per heavy atom. The molecule has 0 aliphatic rings. The Hall–Kier alpha value is -1.11. The topological polar surface area (TPSA) is 0 Å². The molecule has 0 aliphatic carbocycles. The molecule has 0 spiro atoms. The molecule has 0 aromatic heterocycles. The summed E-state index contributed by atoms with van der Waals surface area (Å²) in [6.45, 7) is 9.91. The van der Waals surface area contributed by atoms with Gasteiger partial charge in [-0.2, -0.15) is 0 Å². The molecule has 0 unspecified atom stereocenters. The molecule has 15 heavy (non-hydrogen) atoms. The number of allylic oxidation sites excluding steroid dienone is 1. The van der Waals surface area contributed by atoms with Crippen LogP contribution in [0.25, 0.3) is 0 Å². The Kier molecular flexibility index (Phi) is 4.07. The summed E-state index contributed by atoms with van der Waals surface area (Å²) < 4.78 is 13.3. The average molecular weight is 205 g/mol. The largest absolute Gasteiger partial charge is 0.207 e. The van der Waals surface area contributed by atoms with E-state index in [1.54, 1.807) is 18.2 Å². The van der Waals surface area contributed by atoms with Gasteiger partial charge in [-0.25, -0.2) is 4.39 Å². The lowest BCUT2D eigenvalue weighted by Gasteiger charge is -2.10. The van der Waals surface area contributed by atoms with E-state index in [0.717, 1.165) is 23.5 Å². The predicted octanol–water partition coefficient (Wildman–Crippen LogP) is 4.15. The predicted molar refractivity (Wildman–Crippen MR) is 63.2 cm³/mol. The van der Waals surface area contributed by atoms with Gasteiger partial charge in [-0.1, -0.05) is 32.9 Å². The van der Waals surface area contributed by atoms with Crippen molar-refractivity contribution >= 4 is 0 Å². The summed E-state index contributed by atoms with van der Waals surface area (Å²) in [5, 5.41) is 0. The molecule has 0 nitrogen and oxygen atoms in total. The normalized spacial score (nSPS) is 11.1. The van der Waals surface area contributed by atoms with Gasteiger partial charge in [0.05, 0.1) is 0 Å². The molecule has 0 atom stereocenters. The van der Waals surface area contributed by atoms with Crippen molar-refractivity contribution in [3.63, 3.8) is 0 Å². The van der Waals surface area contributed by atoms with Crippen molar-refractivity contribution in [2.24, 2.45) is 5.92 Å². The lowest BCUT2D eigenvalue weighted by Crippen LogP contribution is -1.98. The Labute approximate surface area is 91.8 Å². The van der Waals surface area contributed by atoms with Crippen molar-refractivity contribution < 1.29 is 4.39 Å². The van der Waals surface area contributed by atoms with Crippen LogP contribution in [0, 0.1) is 17.7 Å². The maximum absolute atomic E-state index is 13.3. The fourth-order valence-electron chi connectivity index (χ4n) is 1.59. The zero-order valence-electron chi connectivity index (χ0n) is 9.68. The van der Waals surface area contributed by atoms with Crippen LogP contribution in [0.2, 0.25) is 0 Å². The first-order chi connectivity index (χ1) is 7.02. The zero-order chi connectivity index (χ0) is 11.4. The minimum absolute atomic E-state index is 0.163. The van der Waals surface area contributed by atoms with E-state index in [1.165, 1.54) is 0 Å². The van der Waals surface area contributed by atoms with E-state index in [1.807, 2.05) is 13.0 Å². The second-order valence-corrected chi connectivity index (χ2v) is 4.33. The van der Waals surface area contributed by atoms with Gasteiger partial charge in [0.2, 0.25) is 0 Å². The van der Waals surface area contributed by atoms with Crippen LogP contribution in [0.5, 0.6) is 0 Å². The SMILES string of the molecule is C=C[C](C)c1cc(F)cc(CC(C)C)c1. The molecular weight excluding hydrogens is 187 g/mol. The van der Waals surface area contributed by atoms with Crippen molar-refractivity contribution in [1.29, 1.82) is 0 Å². The molecule has 1 aromatic carbocycles. The number of hydrogen-bond acceptors (Lipinski definition) is 0. The summed E-state index contributed by atoms with van der Waals surface area (Å²) in [6, 6.07) is 5.21. The molecule has 0 saturated heterocycles. The molecule has 0 fully saturated rings. The van der Waals surface area contributed by atoms with Crippen LogP contribution in [0.4, 0.5) is 4.39 Å². The minimum atomic E-state index is -0.163. The van der Waals surface area contributed by atoms with Gasteiger partial charge in [0.15, 0.2) is 0 Å². The third kappa shape index (κ3) is 3.50. The van der Waals surface area contributed by atoms with Crippen LogP contribution in [0.1, 0.15) is 31.9 Å². The van der Waals surface area contributed by atoms with Crippen molar-refractivity contribution in [1.82, 2.24) is 0 Å². The van der Waals surface area contributed by atoms with Crippen LogP contribution >= 0.6 is 0 Å². The standard InChI is InChI=1S/C14H18F/c1-5-11(4)13-7-12(6-10(2)3)8-14(15)9-13/h5,7-10H,1,6H2,2-4H3. The van der Waals surface area contributed by atoms with Crippen molar-refractivity contribution in [2.45, 2.75) is 27.2 Å². The smallest absolute Gasteiger partial charge is 0.123 e. The summed E-state index contributed by atoms with van der Waals surface area (Å²) in [6.07, 6.45) is 2.67. The first-order valence-corrected chi connectivity index (χ1v) is 5.28. The molecule has 0 saturated carbocycles. The van der Waals surface area contributed by atoms with Gasteiger partial charge >= 0.3 is 0 Å².